The Balaban J connectivity index is 2.24. The maximum atomic E-state index is 4.66. The Labute approximate surface area is 93.9 Å². The van der Waals surface area contributed by atoms with E-state index in [1.54, 1.807) is 6.21 Å². The van der Waals surface area contributed by atoms with Crippen LogP contribution in [0.25, 0.3) is 5.69 Å². The topological polar surface area (TPSA) is 17.3 Å². The zero-order valence-corrected chi connectivity index (χ0v) is 8.89. The van der Waals surface area contributed by atoms with Crippen molar-refractivity contribution in [1.82, 2.24) is 4.57 Å². The zero-order valence-electron chi connectivity index (χ0n) is 8.08. The van der Waals surface area contributed by atoms with Gasteiger partial charge in [-0.2, -0.15) is 0 Å². The fraction of sp³-hybridized carbons (Fsp3) is 0. The Hall–Kier alpha value is -1.74. The predicted octanol–water partition coefficient (Wildman–Crippen LogP) is 3.18. The second-order valence-electron chi connectivity index (χ2n) is 3.02. The molecule has 0 unspecified atom stereocenters. The Morgan fingerprint density at radius 1 is 1.07 bits per heavy atom. The predicted molar refractivity (Wildman–Crippen MR) is 67.6 cm³/mol. The molecular weight excluding hydrogens is 204 g/mol. The third-order valence-electron chi connectivity index (χ3n) is 2.04. The summed E-state index contributed by atoms with van der Waals surface area (Å²) < 4.78 is 2.05. The van der Waals surface area contributed by atoms with Gasteiger partial charge in [0.2, 0.25) is 0 Å². The summed E-state index contributed by atoms with van der Waals surface area (Å²) in [5.41, 5.74) is 2.04. The molecule has 15 heavy (non-hydrogen) atoms. The summed E-state index contributed by atoms with van der Waals surface area (Å²) in [6, 6.07) is 12.0. The normalized spacial score (nSPS) is 10.7. The van der Waals surface area contributed by atoms with Crippen LogP contribution in [0.5, 0.6) is 0 Å². The van der Waals surface area contributed by atoms with E-state index in [4.69, 9.17) is 0 Å². The average molecular weight is 214 g/mol. The summed E-state index contributed by atoms with van der Waals surface area (Å²) in [5.74, 6) is 0. The van der Waals surface area contributed by atoms with Crippen LogP contribution in [0.1, 0.15) is 0 Å². The second-order valence-corrected chi connectivity index (χ2v) is 3.29. The van der Waals surface area contributed by atoms with E-state index in [-0.39, 0.29) is 0 Å². The second kappa shape index (κ2) is 4.66. The minimum atomic E-state index is 0.909. The van der Waals surface area contributed by atoms with Crippen molar-refractivity contribution in [3.8, 4) is 5.69 Å². The lowest BCUT2D eigenvalue weighted by molar-refractivity contribution is 1.08. The van der Waals surface area contributed by atoms with Crippen molar-refractivity contribution in [2.45, 2.75) is 0 Å². The summed E-state index contributed by atoms with van der Waals surface area (Å²) in [7, 11) is 0. The monoisotopic (exact) mass is 214 g/mol. The minimum absolute atomic E-state index is 0.909. The van der Waals surface area contributed by atoms with Crippen molar-refractivity contribution < 1.29 is 0 Å². The first kappa shape index (κ1) is 9.80. The molecule has 1 aromatic carbocycles. The van der Waals surface area contributed by atoms with Gasteiger partial charge < -0.3 is 4.57 Å². The molecule has 3 heteroatoms. The van der Waals surface area contributed by atoms with Crippen LogP contribution in [-0.4, -0.2) is 16.1 Å². The van der Waals surface area contributed by atoms with Gasteiger partial charge in [0.15, 0.2) is 0 Å². The molecule has 0 aliphatic carbocycles. The van der Waals surface area contributed by atoms with E-state index >= 15 is 0 Å². The maximum Gasteiger partial charge on any atom is 0.0631 e. The van der Waals surface area contributed by atoms with E-state index in [9.17, 15) is 0 Å². The molecule has 0 amide bonds. The fourth-order valence-electron chi connectivity index (χ4n) is 1.33. The molecule has 2 aromatic rings. The van der Waals surface area contributed by atoms with Crippen LogP contribution in [0.3, 0.4) is 0 Å². The molecular formula is C12H10N2S. The molecule has 0 atom stereocenters. The number of hydrogen-bond donors (Lipinski definition) is 0. The van der Waals surface area contributed by atoms with Gasteiger partial charge >= 0.3 is 0 Å². The van der Waals surface area contributed by atoms with Crippen molar-refractivity contribution in [3.63, 3.8) is 0 Å². The molecule has 0 N–H and O–H groups in total. The number of benzene rings is 1. The lowest BCUT2D eigenvalue weighted by atomic mass is 10.3. The molecule has 1 aromatic heterocycles. The Bertz CT molecular complexity index is 455. The molecule has 0 fully saturated rings. The van der Waals surface area contributed by atoms with Crippen LogP contribution in [0, 0.1) is 0 Å². The standard InChI is InChI=1S/C12H10N2S/c15-10-7-13-11-3-5-12(6-4-11)14-8-1-2-9-14/h1-10H. The van der Waals surface area contributed by atoms with Gasteiger partial charge in [-0.3, -0.25) is 4.99 Å². The lowest BCUT2D eigenvalue weighted by Crippen LogP contribution is -1.87. The van der Waals surface area contributed by atoms with Crippen LogP contribution < -0.4 is 0 Å². The van der Waals surface area contributed by atoms with Crippen LogP contribution in [-0.2, 0) is 0 Å². The molecule has 74 valence electrons. The van der Waals surface area contributed by atoms with Crippen molar-refractivity contribution in [3.05, 3.63) is 48.8 Å². The Morgan fingerprint density at radius 3 is 2.33 bits per heavy atom. The molecule has 1 heterocycles. The molecule has 2 nitrogen and oxygen atoms in total. The van der Waals surface area contributed by atoms with Crippen molar-refractivity contribution in [2.24, 2.45) is 4.99 Å². The number of hydrogen-bond acceptors (Lipinski definition) is 2. The molecule has 0 bridgehead atoms. The molecule has 0 aliphatic heterocycles. The maximum absolute atomic E-state index is 4.66. The van der Waals surface area contributed by atoms with Crippen LogP contribution in [0.15, 0.2) is 53.8 Å². The van der Waals surface area contributed by atoms with Gasteiger partial charge in [0, 0.05) is 29.7 Å². The van der Waals surface area contributed by atoms with Gasteiger partial charge in [-0.15, -0.1) is 0 Å². The minimum Gasteiger partial charge on any atom is -0.324 e. The van der Waals surface area contributed by atoms with Crippen LogP contribution in [0.2, 0.25) is 0 Å². The first-order valence-electron chi connectivity index (χ1n) is 4.61. The molecule has 0 spiro atoms. The molecule has 2 rings (SSSR count). The van der Waals surface area contributed by atoms with Gasteiger partial charge in [-0.25, -0.2) is 0 Å². The number of aliphatic imine (C=N–C) groups is 1. The quantitative estimate of drug-likeness (QED) is 0.566. The Kier molecular flexibility index (Phi) is 3.05. The van der Waals surface area contributed by atoms with Gasteiger partial charge in [0.25, 0.3) is 0 Å². The third kappa shape index (κ3) is 2.39. The van der Waals surface area contributed by atoms with E-state index in [0.717, 1.165) is 11.4 Å². The number of nitrogens with zero attached hydrogens (tertiary/aromatic N) is 2. The van der Waals surface area contributed by atoms with Gasteiger partial charge in [0.1, 0.15) is 0 Å². The van der Waals surface area contributed by atoms with E-state index in [0.29, 0.717) is 0 Å². The van der Waals surface area contributed by atoms with E-state index in [2.05, 4.69) is 17.2 Å². The number of aromatic nitrogens is 1. The first-order valence-corrected chi connectivity index (χ1v) is 5.08. The Morgan fingerprint density at radius 2 is 1.73 bits per heavy atom. The molecule has 0 saturated carbocycles. The SMILES string of the molecule is S=CC=Nc1ccc(-n2cccc2)cc1. The molecule has 0 saturated heterocycles. The van der Waals surface area contributed by atoms with Crippen molar-refractivity contribution >= 4 is 29.5 Å². The summed E-state index contributed by atoms with van der Waals surface area (Å²) in [4.78, 5) is 4.15. The fourth-order valence-corrected chi connectivity index (χ4v) is 1.39. The average Bonchev–Trinajstić information content (AvgIpc) is 2.80. The summed E-state index contributed by atoms with van der Waals surface area (Å²) >= 11 is 4.66. The number of thiocarbonyl (C=S) groups is 1. The lowest BCUT2D eigenvalue weighted by Gasteiger charge is -2.02. The molecule has 0 aliphatic rings. The third-order valence-corrected chi connectivity index (χ3v) is 2.16. The number of rotatable bonds is 3. The van der Waals surface area contributed by atoms with E-state index in [1.165, 1.54) is 5.37 Å². The van der Waals surface area contributed by atoms with Crippen LogP contribution in [0.4, 0.5) is 5.69 Å². The van der Waals surface area contributed by atoms with Gasteiger partial charge in [-0.05, 0) is 36.4 Å². The van der Waals surface area contributed by atoms with Crippen molar-refractivity contribution in [1.29, 1.82) is 0 Å². The van der Waals surface area contributed by atoms with Gasteiger partial charge in [0.05, 0.1) is 5.69 Å². The zero-order chi connectivity index (χ0) is 10.5. The summed E-state index contributed by atoms with van der Waals surface area (Å²) in [6.07, 6.45) is 5.63. The highest BCUT2D eigenvalue weighted by Crippen LogP contribution is 2.15. The highest BCUT2D eigenvalue weighted by Gasteiger charge is 1.93. The summed E-state index contributed by atoms with van der Waals surface area (Å²) in [6.45, 7) is 0. The van der Waals surface area contributed by atoms with Crippen LogP contribution >= 0.6 is 12.2 Å². The largest absolute Gasteiger partial charge is 0.324 e. The van der Waals surface area contributed by atoms with Crippen molar-refractivity contribution in [2.75, 3.05) is 0 Å². The van der Waals surface area contributed by atoms with E-state index < -0.39 is 0 Å². The highest BCUT2D eigenvalue weighted by molar-refractivity contribution is 7.80. The first-order chi connectivity index (χ1) is 7.40. The molecule has 0 radical (unpaired) electrons. The van der Waals surface area contributed by atoms with Gasteiger partial charge in [-0.1, -0.05) is 12.2 Å². The highest BCUT2D eigenvalue weighted by atomic mass is 32.1. The smallest absolute Gasteiger partial charge is 0.0631 e. The van der Waals surface area contributed by atoms with E-state index in [1.807, 2.05) is 53.4 Å². The summed E-state index contributed by atoms with van der Waals surface area (Å²) in [5, 5.41) is 1.50.